The predicted molar refractivity (Wildman–Crippen MR) is 97.4 cm³/mol. The predicted octanol–water partition coefficient (Wildman–Crippen LogP) is 6.40. The standard InChI is InChI=1S/C19H41B/c1-4-7-9-14-18(13-6-3)19(15-10-8-5-2)16-11-12-17-20/h18-19H,4-17,20H2,1-3H3/t18?,19-/m0/s1. The first-order valence-corrected chi connectivity index (χ1v) is 9.79. The molecule has 20 heavy (non-hydrogen) atoms. The van der Waals surface area contributed by atoms with Gasteiger partial charge in [0.25, 0.3) is 0 Å². The van der Waals surface area contributed by atoms with Crippen molar-refractivity contribution in [1.29, 1.82) is 0 Å². The Bertz CT molecular complexity index is 169. The molecule has 0 heterocycles. The van der Waals surface area contributed by atoms with Crippen LogP contribution in [-0.4, -0.2) is 7.85 Å². The van der Waals surface area contributed by atoms with Crippen LogP contribution in [0.15, 0.2) is 0 Å². The molecular weight excluding hydrogens is 239 g/mol. The second-order valence-electron chi connectivity index (χ2n) is 6.80. The zero-order valence-electron chi connectivity index (χ0n) is 15.1. The smallest absolute Gasteiger partial charge is 0.0811 e. The fourth-order valence-electron chi connectivity index (χ4n) is 3.57. The third kappa shape index (κ3) is 10.8. The number of hydrogen-bond acceptors (Lipinski definition) is 0. The first-order chi connectivity index (χ1) is 9.79. The van der Waals surface area contributed by atoms with E-state index in [9.17, 15) is 0 Å². The third-order valence-corrected chi connectivity index (χ3v) is 4.86. The minimum Gasteiger partial charge on any atom is -0.0811 e. The van der Waals surface area contributed by atoms with Crippen LogP contribution in [0.2, 0.25) is 6.32 Å². The van der Waals surface area contributed by atoms with Crippen molar-refractivity contribution in [2.75, 3.05) is 0 Å². The van der Waals surface area contributed by atoms with Gasteiger partial charge in [-0.25, -0.2) is 0 Å². The van der Waals surface area contributed by atoms with Gasteiger partial charge in [0.05, 0.1) is 0 Å². The van der Waals surface area contributed by atoms with Crippen LogP contribution in [0.5, 0.6) is 0 Å². The highest BCUT2D eigenvalue weighted by molar-refractivity contribution is 6.08. The van der Waals surface area contributed by atoms with Crippen LogP contribution in [0.3, 0.4) is 0 Å². The Kier molecular flexibility index (Phi) is 15.5. The summed E-state index contributed by atoms with van der Waals surface area (Å²) >= 11 is 0. The molecule has 0 rings (SSSR count). The Morgan fingerprint density at radius 1 is 0.550 bits per heavy atom. The molecule has 0 spiro atoms. The summed E-state index contributed by atoms with van der Waals surface area (Å²) in [5.41, 5.74) is 0. The highest BCUT2D eigenvalue weighted by atomic mass is 14.2. The molecule has 0 nitrogen and oxygen atoms in total. The van der Waals surface area contributed by atoms with Gasteiger partial charge in [-0.1, -0.05) is 111 Å². The van der Waals surface area contributed by atoms with Gasteiger partial charge in [-0.2, -0.15) is 0 Å². The van der Waals surface area contributed by atoms with Gasteiger partial charge >= 0.3 is 0 Å². The van der Waals surface area contributed by atoms with Crippen molar-refractivity contribution < 1.29 is 0 Å². The molecule has 120 valence electrons. The van der Waals surface area contributed by atoms with Crippen molar-refractivity contribution in [2.24, 2.45) is 11.8 Å². The zero-order valence-corrected chi connectivity index (χ0v) is 15.1. The van der Waals surface area contributed by atoms with Crippen molar-refractivity contribution in [3.05, 3.63) is 0 Å². The van der Waals surface area contributed by atoms with Crippen molar-refractivity contribution >= 4 is 7.85 Å². The first-order valence-electron chi connectivity index (χ1n) is 9.79. The van der Waals surface area contributed by atoms with E-state index in [0.29, 0.717) is 0 Å². The Morgan fingerprint density at radius 3 is 1.40 bits per heavy atom. The second kappa shape index (κ2) is 15.5. The van der Waals surface area contributed by atoms with Crippen LogP contribution in [0.1, 0.15) is 104 Å². The fourth-order valence-corrected chi connectivity index (χ4v) is 3.57. The Labute approximate surface area is 130 Å². The van der Waals surface area contributed by atoms with Gasteiger partial charge in [0.2, 0.25) is 0 Å². The lowest BCUT2D eigenvalue weighted by atomic mass is 9.78. The highest BCUT2D eigenvalue weighted by Crippen LogP contribution is 2.32. The molecule has 0 saturated heterocycles. The van der Waals surface area contributed by atoms with Crippen LogP contribution >= 0.6 is 0 Å². The van der Waals surface area contributed by atoms with E-state index in [1.807, 2.05) is 0 Å². The van der Waals surface area contributed by atoms with Gasteiger partial charge in [-0.15, -0.1) is 0 Å². The summed E-state index contributed by atoms with van der Waals surface area (Å²) in [6, 6.07) is 0. The van der Waals surface area contributed by atoms with E-state index < -0.39 is 0 Å². The lowest BCUT2D eigenvalue weighted by molar-refractivity contribution is 0.243. The van der Waals surface area contributed by atoms with Crippen LogP contribution in [-0.2, 0) is 0 Å². The van der Waals surface area contributed by atoms with E-state index in [2.05, 4.69) is 28.6 Å². The fraction of sp³-hybridized carbons (Fsp3) is 1.00. The molecule has 0 saturated carbocycles. The molecule has 0 amide bonds. The summed E-state index contributed by atoms with van der Waals surface area (Å²) in [7, 11) is 2.33. The maximum Gasteiger partial charge on any atom is 0.101 e. The lowest BCUT2D eigenvalue weighted by Gasteiger charge is -2.27. The van der Waals surface area contributed by atoms with Crippen molar-refractivity contribution in [3.8, 4) is 0 Å². The number of rotatable bonds is 15. The van der Waals surface area contributed by atoms with Gasteiger partial charge in [0, 0.05) is 0 Å². The average Bonchev–Trinajstić information content (AvgIpc) is 2.45. The maximum absolute atomic E-state index is 2.38. The SMILES string of the molecule is BCCCC[C@H](CCCCC)C(CCC)CCCCC. The molecule has 1 heteroatoms. The van der Waals surface area contributed by atoms with Gasteiger partial charge in [-0.05, 0) is 11.8 Å². The first kappa shape index (κ1) is 20.1. The topological polar surface area (TPSA) is 0 Å². The van der Waals surface area contributed by atoms with Crippen LogP contribution < -0.4 is 0 Å². The molecule has 1 unspecified atom stereocenters. The van der Waals surface area contributed by atoms with Crippen molar-refractivity contribution in [3.63, 3.8) is 0 Å². The van der Waals surface area contributed by atoms with Crippen LogP contribution in [0.25, 0.3) is 0 Å². The molecule has 0 fully saturated rings. The van der Waals surface area contributed by atoms with Gasteiger partial charge in [0.1, 0.15) is 7.85 Å². The maximum atomic E-state index is 2.38. The Morgan fingerprint density at radius 2 is 1.00 bits per heavy atom. The zero-order chi connectivity index (χ0) is 15.1. The second-order valence-corrected chi connectivity index (χ2v) is 6.80. The normalized spacial score (nSPS) is 14.3. The molecule has 0 aromatic carbocycles. The molecule has 0 aliphatic carbocycles. The summed E-state index contributed by atoms with van der Waals surface area (Å²) in [5, 5.41) is 0. The molecular formula is C19H41B. The Balaban J connectivity index is 4.27. The molecule has 0 aliphatic rings. The highest BCUT2D eigenvalue weighted by Gasteiger charge is 2.19. The molecule has 0 N–H and O–H groups in total. The van der Waals surface area contributed by atoms with E-state index in [4.69, 9.17) is 0 Å². The summed E-state index contributed by atoms with van der Waals surface area (Å²) in [5.74, 6) is 2.06. The van der Waals surface area contributed by atoms with E-state index >= 15 is 0 Å². The molecule has 2 atom stereocenters. The van der Waals surface area contributed by atoms with Crippen LogP contribution in [0, 0.1) is 11.8 Å². The summed E-state index contributed by atoms with van der Waals surface area (Å²) < 4.78 is 0. The van der Waals surface area contributed by atoms with Crippen LogP contribution in [0.4, 0.5) is 0 Å². The minimum atomic E-state index is 1.03. The summed E-state index contributed by atoms with van der Waals surface area (Å²) in [6.45, 7) is 7.04. The van der Waals surface area contributed by atoms with E-state index in [1.54, 1.807) is 0 Å². The Hall–Kier alpha value is 0.0649. The number of unbranched alkanes of at least 4 members (excludes halogenated alkanes) is 5. The van der Waals surface area contributed by atoms with Crippen molar-refractivity contribution in [2.45, 2.75) is 111 Å². The number of hydrogen-bond donors (Lipinski definition) is 0. The molecule has 0 aliphatic heterocycles. The third-order valence-electron chi connectivity index (χ3n) is 4.86. The summed E-state index contributed by atoms with van der Waals surface area (Å²) in [4.78, 5) is 0. The van der Waals surface area contributed by atoms with E-state index in [1.165, 1.54) is 89.8 Å². The van der Waals surface area contributed by atoms with E-state index in [0.717, 1.165) is 11.8 Å². The van der Waals surface area contributed by atoms with E-state index in [-0.39, 0.29) is 0 Å². The molecule has 0 aromatic rings. The lowest BCUT2D eigenvalue weighted by Crippen LogP contribution is -2.15. The van der Waals surface area contributed by atoms with Gasteiger partial charge in [-0.3, -0.25) is 0 Å². The monoisotopic (exact) mass is 280 g/mol. The molecule has 0 bridgehead atoms. The summed E-state index contributed by atoms with van der Waals surface area (Å²) in [6.07, 6.45) is 20.2. The minimum absolute atomic E-state index is 1.03. The average molecular weight is 280 g/mol. The van der Waals surface area contributed by atoms with Gasteiger partial charge < -0.3 is 0 Å². The molecule has 0 aromatic heterocycles. The quantitative estimate of drug-likeness (QED) is 0.240. The largest absolute Gasteiger partial charge is 0.101 e. The van der Waals surface area contributed by atoms with Crippen molar-refractivity contribution in [1.82, 2.24) is 0 Å². The van der Waals surface area contributed by atoms with Gasteiger partial charge in [0.15, 0.2) is 0 Å². The molecule has 0 radical (unpaired) electrons.